The molecule has 13 heteroatoms. The van der Waals surface area contributed by atoms with E-state index in [1.165, 1.54) is 187 Å². The lowest BCUT2D eigenvalue weighted by Crippen LogP contribution is -2.10. The highest BCUT2D eigenvalue weighted by molar-refractivity contribution is 7.28. The normalized spacial score (nSPS) is 11.6. The van der Waals surface area contributed by atoms with Crippen LogP contribution in [0.25, 0.3) is 175 Å². The maximum Gasteiger partial charge on any atom is 0.0933 e. The van der Waals surface area contributed by atoms with Crippen molar-refractivity contribution in [1.82, 2.24) is 0 Å². The number of rotatable bonds is 18. The Morgan fingerprint density at radius 2 is 0.566 bits per heavy atom. The van der Waals surface area contributed by atoms with E-state index in [0.717, 1.165) is 73.2 Å². The standard InChI is InChI=1S/C52H34N2S2.C42H26N2S3.C38H26N2S2/c1-2-14-40(15-3-1)54(41-24-20-35(21-25-41)44-18-9-11-34-10-4-5-16-43(34)44)42-26-27-46-48-32-39(23-29-51(48)56-52(46)33-42)53-38-13-8-12-36(30-38)37-22-28-50-47(31-37)45-17-6-7-19-49(45)55-50;1-2-10-27(11-3-1)44(36-17-9-15-33-30-13-5-7-19-38(30)47-42(33)36)28-21-22-31-34-24-26(20-23-39(34)45-40(31)25-28)43-35-16-8-14-32-29-12-4-6-18-37(29)46-41(32)35;1-4-12-26(13-5-1)34-22-23-36(41-34)39-28-20-21-35-32(25-28)37-33(24-27-14-10-11-19-31(27)38(37)42-35)40(29-15-6-2-7-16-29)30-17-8-3-9-18-30/h1-33,53H;1-25,43H;1-25,39H. The molecule has 29 rings (SSSR count). The van der Waals surface area contributed by atoms with Crippen molar-refractivity contribution < 1.29 is 0 Å². The number of nitrogens with zero attached hydrogens (tertiary/aromatic N) is 3. The molecule has 0 aliphatic rings. The number of anilines is 15. The first-order valence-electron chi connectivity index (χ1n) is 48.6. The smallest absolute Gasteiger partial charge is 0.0933 e. The van der Waals surface area contributed by atoms with Crippen molar-refractivity contribution in [2.45, 2.75) is 0 Å². The van der Waals surface area contributed by atoms with Crippen LogP contribution in [0.1, 0.15) is 0 Å². The van der Waals surface area contributed by atoms with Gasteiger partial charge in [0, 0.05) is 179 Å². The second kappa shape index (κ2) is 37.6. The van der Waals surface area contributed by atoms with Gasteiger partial charge in [0.15, 0.2) is 0 Å². The van der Waals surface area contributed by atoms with Gasteiger partial charge < -0.3 is 30.7 Å². The van der Waals surface area contributed by atoms with Crippen LogP contribution in [0.4, 0.5) is 84.6 Å². The Morgan fingerprint density at radius 3 is 1.21 bits per heavy atom. The molecule has 0 bridgehead atoms. The van der Waals surface area contributed by atoms with Crippen molar-refractivity contribution in [1.29, 1.82) is 0 Å². The van der Waals surface area contributed by atoms with Crippen molar-refractivity contribution in [2.75, 3.05) is 30.7 Å². The van der Waals surface area contributed by atoms with Gasteiger partial charge in [0.1, 0.15) is 0 Å². The number of para-hydroxylation sites is 4. The summed E-state index contributed by atoms with van der Waals surface area (Å²) in [4.78, 5) is 8.43. The maximum absolute atomic E-state index is 3.76. The number of benzene rings is 22. The van der Waals surface area contributed by atoms with Gasteiger partial charge in [0.05, 0.1) is 31.5 Å². The van der Waals surface area contributed by atoms with E-state index < -0.39 is 0 Å². The van der Waals surface area contributed by atoms with Gasteiger partial charge in [-0.15, -0.1) is 79.4 Å². The number of thiophene rings is 7. The van der Waals surface area contributed by atoms with Crippen molar-refractivity contribution in [3.05, 3.63) is 504 Å². The maximum atomic E-state index is 3.76. The Balaban J connectivity index is 0.000000109. The zero-order valence-corrected chi connectivity index (χ0v) is 83.8. The molecule has 0 saturated heterocycles. The van der Waals surface area contributed by atoms with Gasteiger partial charge in [-0.3, -0.25) is 0 Å². The molecule has 7 aromatic heterocycles. The van der Waals surface area contributed by atoms with E-state index in [9.17, 15) is 0 Å². The zero-order valence-electron chi connectivity index (χ0n) is 78.1. The molecule has 6 nitrogen and oxygen atoms in total. The first-order chi connectivity index (χ1) is 71.8. The second-order valence-corrected chi connectivity index (χ2v) is 43.9. The predicted molar refractivity (Wildman–Crippen MR) is 639 cm³/mol. The summed E-state index contributed by atoms with van der Waals surface area (Å²) in [5, 5.41) is 32.9. The molecule has 0 amide bonds. The number of hydrogen-bond donors (Lipinski definition) is 3. The molecule has 29 aromatic rings. The Hall–Kier alpha value is -16.8. The average molecular weight is 1980 g/mol. The molecular formula is C132H86N6S7. The molecule has 3 N–H and O–H groups in total. The van der Waals surface area contributed by atoms with Crippen LogP contribution in [-0.2, 0) is 0 Å². The van der Waals surface area contributed by atoms with Crippen LogP contribution in [0.5, 0.6) is 0 Å². The van der Waals surface area contributed by atoms with Gasteiger partial charge in [-0.1, -0.05) is 291 Å². The molecule has 0 aliphatic heterocycles. The van der Waals surface area contributed by atoms with E-state index in [4.69, 9.17) is 0 Å². The largest absolute Gasteiger partial charge is 0.355 e. The van der Waals surface area contributed by atoms with Gasteiger partial charge in [-0.25, -0.2) is 0 Å². The first-order valence-corrected chi connectivity index (χ1v) is 54.3. The third kappa shape index (κ3) is 16.5. The molecule has 0 aliphatic carbocycles. The van der Waals surface area contributed by atoms with E-state index in [1.807, 2.05) is 68.0 Å². The molecular weight excluding hydrogens is 1890 g/mol. The SMILES string of the molecule is c1ccc(-c2ccc(Nc3ccc4sc5c6ccccc6cc(N(c6ccccc6)c6ccccc6)c5c4c3)s2)cc1.c1ccc(N(c2ccc(-c3cccc4ccccc34)cc2)c2ccc3c(c2)sc2ccc(Nc4cccc(-c5ccc6sc7ccccc7c6c5)c4)cc23)cc1.c1ccc(N(c2ccc3c(c2)sc2ccc(Nc4cccc5c4sc4ccccc45)cc23)c2cccc3c2sc2ccccc23)cc1. The van der Waals surface area contributed by atoms with Crippen LogP contribution in [0.15, 0.2) is 504 Å². The number of nitrogens with one attached hydrogen (secondary N) is 3. The molecule has 22 aromatic carbocycles. The van der Waals surface area contributed by atoms with Gasteiger partial charge in [-0.2, -0.15) is 0 Å². The highest BCUT2D eigenvalue weighted by Crippen LogP contribution is 2.53. The summed E-state index contributed by atoms with van der Waals surface area (Å²) in [6.07, 6.45) is 0. The minimum atomic E-state index is 1.07. The molecule has 0 radical (unpaired) electrons. The highest BCUT2D eigenvalue weighted by atomic mass is 32.1. The quantitative estimate of drug-likeness (QED) is 0.0796. The molecule has 0 saturated carbocycles. The highest BCUT2D eigenvalue weighted by Gasteiger charge is 2.26. The second-order valence-electron chi connectivity index (χ2n) is 36.4. The van der Waals surface area contributed by atoms with Gasteiger partial charge in [-0.05, 0) is 262 Å². The van der Waals surface area contributed by atoms with Gasteiger partial charge in [0.25, 0.3) is 0 Å². The van der Waals surface area contributed by atoms with Crippen LogP contribution >= 0.6 is 79.4 Å². The van der Waals surface area contributed by atoms with Gasteiger partial charge in [0.2, 0.25) is 0 Å². The Kier molecular flexibility index (Phi) is 22.6. The van der Waals surface area contributed by atoms with Crippen molar-refractivity contribution in [3.63, 3.8) is 0 Å². The van der Waals surface area contributed by atoms with Crippen LogP contribution in [0, 0.1) is 0 Å². The van der Waals surface area contributed by atoms with Crippen LogP contribution < -0.4 is 30.7 Å². The molecule has 0 spiro atoms. The molecule has 686 valence electrons. The average Bonchev–Trinajstić information content (AvgIpc) is 1.64. The molecule has 0 unspecified atom stereocenters. The minimum absolute atomic E-state index is 1.07. The summed E-state index contributed by atoms with van der Waals surface area (Å²) in [5.41, 5.74) is 22.0. The molecule has 145 heavy (non-hydrogen) atoms. The van der Waals surface area contributed by atoms with E-state index in [2.05, 4.69) is 534 Å². The summed E-state index contributed by atoms with van der Waals surface area (Å²) in [7, 11) is 0. The van der Waals surface area contributed by atoms with E-state index in [0.29, 0.717) is 0 Å². The third-order valence-corrected chi connectivity index (χ3v) is 35.6. The lowest BCUT2D eigenvalue weighted by Gasteiger charge is -2.27. The Bertz CT molecular complexity index is 9930. The summed E-state index contributed by atoms with van der Waals surface area (Å²) in [6.45, 7) is 0. The first kappa shape index (κ1) is 87.2. The topological polar surface area (TPSA) is 45.8 Å². The Labute approximate surface area is 865 Å². The summed E-state index contributed by atoms with van der Waals surface area (Å²) in [5.74, 6) is 0. The predicted octanol–water partition coefficient (Wildman–Crippen LogP) is 42.3. The van der Waals surface area contributed by atoms with Crippen molar-refractivity contribution >= 4 is 307 Å². The lowest BCUT2D eigenvalue weighted by atomic mass is 9.98. The van der Waals surface area contributed by atoms with Crippen molar-refractivity contribution in [2.24, 2.45) is 0 Å². The third-order valence-electron chi connectivity index (χ3n) is 27.5. The summed E-state index contributed by atoms with van der Waals surface area (Å²) in [6, 6.07) is 182. The fourth-order valence-corrected chi connectivity index (χ4v) is 28.6. The fourth-order valence-electron chi connectivity index (χ4n) is 20.8. The van der Waals surface area contributed by atoms with Crippen LogP contribution in [0.2, 0.25) is 0 Å². The van der Waals surface area contributed by atoms with E-state index in [1.54, 1.807) is 11.3 Å². The van der Waals surface area contributed by atoms with E-state index in [-0.39, 0.29) is 0 Å². The fraction of sp³-hybridized carbons (Fsp3) is 0. The van der Waals surface area contributed by atoms with Crippen LogP contribution in [0.3, 0.4) is 0 Å². The summed E-state index contributed by atoms with van der Waals surface area (Å²) >= 11 is 13.0. The van der Waals surface area contributed by atoms with Crippen molar-refractivity contribution in [3.8, 4) is 32.7 Å². The number of hydrogen-bond acceptors (Lipinski definition) is 13. The lowest BCUT2D eigenvalue weighted by molar-refractivity contribution is 1.29. The molecule has 7 heterocycles. The monoisotopic (exact) mass is 1980 g/mol. The summed E-state index contributed by atoms with van der Waals surface area (Å²) < 4.78 is 15.6. The zero-order chi connectivity index (χ0) is 95.8. The Morgan fingerprint density at radius 1 is 0.166 bits per heavy atom. The number of fused-ring (bicyclic) bond motifs is 21. The van der Waals surface area contributed by atoms with E-state index >= 15 is 0 Å². The van der Waals surface area contributed by atoms with Crippen LogP contribution in [-0.4, -0.2) is 0 Å². The molecule has 0 atom stereocenters. The molecule has 0 fully saturated rings. The van der Waals surface area contributed by atoms with Gasteiger partial charge >= 0.3 is 0 Å². The minimum Gasteiger partial charge on any atom is -0.355 e.